The average Bonchev–Trinajstić information content (AvgIpc) is 2.99. The number of nitrogens with one attached hydrogen (secondary N) is 2. The molecule has 1 aliphatic rings. The molecule has 0 amide bonds. The van der Waals surface area contributed by atoms with Crippen LogP contribution in [0.3, 0.4) is 0 Å². The lowest BCUT2D eigenvalue weighted by molar-refractivity contribution is 0.222. The Hall–Kier alpha value is -1.49. The highest BCUT2D eigenvalue weighted by molar-refractivity contribution is 9.10. The van der Waals surface area contributed by atoms with Crippen molar-refractivity contribution in [2.45, 2.75) is 31.9 Å². The van der Waals surface area contributed by atoms with Crippen LogP contribution in [0.2, 0.25) is 0 Å². The molecule has 2 N–H and O–H groups in total. The lowest BCUT2D eigenvalue weighted by Crippen LogP contribution is -2.45. The maximum Gasteiger partial charge on any atom is 0.191 e. The van der Waals surface area contributed by atoms with Crippen LogP contribution in [-0.4, -0.2) is 31.7 Å². The molecule has 1 aromatic carbocycles. The zero-order valence-electron chi connectivity index (χ0n) is 12.5. The number of ether oxygens (including phenoxy) is 1. The molecule has 0 aliphatic heterocycles. The first-order valence-corrected chi connectivity index (χ1v) is 8.01. The Labute approximate surface area is 134 Å². The number of hydrogen-bond donors (Lipinski definition) is 2. The van der Waals surface area contributed by atoms with Gasteiger partial charge in [0, 0.05) is 13.1 Å². The molecule has 0 heterocycles. The van der Waals surface area contributed by atoms with Crippen molar-refractivity contribution in [3.63, 3.8) is 0 Å². The van der Waals surface area contributed by atoms with Gasteiger partial charge in [-0.3, -0.25) is 4.99 Å². The SMILES string of the molecule is CN=C(NCC(C)Oc1ccccc1Br)NC1CC=CC1. The zero-order chi connectivity index (χ0) is 15.1. The summed E-state index contributed by atoms with van der Waals surface area (Å²) in [6, 6.07) is 8.33. The van der Waals surface area contributed by atoms with E-state index in [2.05, 4.69) is 43.7 Å². The Morgan fingerprint density at radius 3 is 2.76 bits per heavy atom. The van der Waals surface area contributed by atoms with Gasteiger partial charge < -0.3 is 15.4 Å². The van der Waals surface area contributed by atoms with E-state index in [0.717, 1.165) is 29.0 Å². The topological polar surface area (TPSA) is 45.7 Å². The third-order valence-corrected chi connectivity index (χ3v) is 3.95. The van der Waals surface area contributed by atoms with Crippen LogP contribution in [0.25, 0.3) is 0 Å². The van der Waals surface area contributed by atoms with Crippen molar-refractivity contribution in [1.82, 2.24) is 10.6 Å². The number of para-hydroxylation sites is 1. The molecule has 1 aliphatic carbocycles. The number of guanidine groups is 1. The third kappa shape index (κ3) is 5.08. The van der Waals surface area contributed by atoms with Crippen LogP contribution in [0.5, 0.6) is 5.75 Å². The summed E-state index contributed by atoms with van der Waals surface area (Å²) >= 11 is 3.49. The summed E-state index contributed by atoms with van der Waals surface area (Å²) in [5.74, 6) is 1.68. The molecule has 0 spiro atoms. The highest BCUT2D eigenvalue weighted by Gasteiger charge is 2.13. The van der Waals surface area contributed by atoms with Crippen LogP contribution in [0.4, 0.5) is 0 Å². The van der Waals surface area contributed by atoms with E-state index in [9.17, 15) is 0 Å². The van der Waals surface area contributed by atoms with Crippen molar-refractivity contribution in [2.75, 3.05) is 13.6 Å². The maximum atomic E-state index is 5.91. The van der Waals surface area contributed by atoms with E-state index >= 15 is 0 Å². The summed E-state index contributed by atoms with van der Waals surface area (Å²) < 4.78 is 6.87. The fraction of sp³-hybridized carbons (Fsp3) is 0.438. The summed E-state index contributed by atoms with van der Waals surface area (Å²) in [4.78, 5) is 4.25. The number of halogens is 1. The fourth-order valence-electron chi connectivity index (χ4n) is 2.16. The van der Waals surface area contributed by atoms with Crippen LogP contribution in [0, 0.1) is 0 Å². The van der Waals surface area contributed by atoms with Gasteiger partial charge in [-0.1, -0.05) is 24.3 Å². The minimum atomic E-state index is 0.0453. The minimum Gasteiger partial charge on any atom is -0.488 e. The van der Waals surface area contributed by atoms with Gasteiger partial charge in [-0.25, -0.2) is 0 Å². The van der Waals surface area contributed by atoms with Crippen LogP contribution >= 0.6 is 15.9 Å². The first kappa shape index (κ1) is 15.9. The van der Waals surface area contributed by atoms with Crippen molar-refractivity contribution < 1.29 is 4.74 Å². The molecule has 1 aromatic rings. The predicted octanol–water partition coefficient (Wildman–Crippen LogP) is 3.10. The molecule has 0 aromatic heterocycles. The second-order valence-corrected chi connectivity index (χ2v) is 5.95. The van der Waals surface area contributed by atoms with E-state index in [4.69, 9.17) is 4.74 Å². The predicted molar refractivity (Wildman–Crippen MR) is 90.9 cm³/mol. The normalized spacial score (nSPS) is 16.8. The van der Waals surface area contributed by atoms with E-state index in [1.165, 1.54) is 0 Å². The van der Waals surface area contributed by atoms with Gasteiger partial charge in [0.2, 0.25) is 0 Å². The molecule has 2 rings (SSSR count). The van der Waals surface area contributed by atoms with Crippen molar-refractivity contribution in [3.8, 4) is 5.75 Å². The van der Waals surface area contributed by atoms with Gasteiger partial charge in [-0.2, -0.15) is 0 Å². The summed E-state index contributed by atoms with van der Waals surface area (Å²) in [6.45, 7) is 2.73. The van der Waals surface area contributed by atoms with Crippen molar-refractivity contribution >= 4 is 21.9 Å². The average molecular weight is 352 g/mol. The van der Waals surface area contributed by atoms with Gasteiger partial charge in [0.25, 0.3) is 0 Å². The Kier molecular flexibility index (Phi) is 6.11. The highest BCUT2D eigenvalue weighted by Crippen LogP contribution is 2.24. The number of hydrogen-bond acceptors (Lipinski definition) is 2. The second-order valence-electron chi connectivity index (χ2n) is 5.10. The van der Waals surface area contributed by atoms with Gasteiger partial charge in [0.05, 0.1) is 11.0 Å². The molecule has 0 fully saturated rings. The third-order valence-electron chi connectivity index (χ3n) is 3.29. The number of nitrogens with zero attached hydrogens (tertiary/aromatic N) is 1. The summed E-state index contributed by atoms with van der Waals surface area (Å²) in [5.41, 5.74) is 0. The van der Waals surface area contributed by atoms with Gasteiger partial charge in [-0.05, 0) is 47.8 Å². The number of rotatable bonds is 5. The minimum absolute atomic E-state index is 0.0453. The van der Waals surface area contributed by atoms with E-state index in [0.29, 0.717) is 12.6 Å². The molecule has 5 heteroatoms. The molecular formula is C16H22BrN3O. The first-order chi connectivity index (χ1) is 10.2. The molecule has 1 atom stereocenters. The lowest BCUT2D eigenvalue weighted by Gasteiger charge is -2.20. The molecule has 21 heavy (non-hydrogen) atoms. The van der Waals surface area contributed by atoms with Crippen molar-refractivity contribution in [1.29, 1.82) is 0 Å². The lowest BCUT2D eigenvalue weighted by atomic mass is 10.2. The standard InChI is InChI=1S/C16H22BrN3O/c1-12(21-15-10-6-5-9-14(15)17)11-19-16(18-2)20-13-7-3-4-8-13/h3-6,9-10,12-13H,7-8,11H2,1-2H3,(H2,18,19,20). The summed E-state index contributed by atoms with van der Waals surface area (Å²) in [5, 5.41) is 6.71. The molecule has 1 unspecified atom stereocenters. The van der Waals surface area contributed by atoms with Gasteiger partial charge >= 0.3 is 0 Å². The van der Waals surface area contributed by atoms with E-state index in [1.807, 2.05) is 31.2 Å². The molecule has 0 saturated carbocycles. The highest BCUT2D eigenvalue weighted by atomic mass is 79.9. The van der Waals surface area contributed by atoms with E-state index in [-0.39, 0.29) is 6.10 Å². The van der Waals surface area contributed by atoms with E-state index in [1.54, 1.807) is 7.05 Å². The van der Waals surface area contributed by atoms with Crippen LogP contribution in [0.1, 0.15) is 19.8 Å². The summed E-state index contributed by atoms with van der Waals surface area (Å²) in [7, 11) is 1.79. The number of benzene rings is 1. The maximum absolute atomic E-state index is 5.91. The van der Waals surface area contributed by atoms with Gasteiger partial charge in [0.15, 0.2) is 5.96 Å². The Bertz CT molecular complexity index is 508. The Balaban J connectivity index is 1.77. The molecule has 0 saturated heterocycles. The summed E-state index contributed by atoms with van der Waals surface area (Å²) in [6.07, 6.45) is 6.56. The smallest absolute Gasteiger partial charge is 0.191 e. The Morgan fingerprint density at radius 1 is 1.38 bits per heavy atom. The van der Waals surface area contributed by atoms with Crippen molar-refractivity contribution in [2.24, 2.45) is 4.99 Å². The fourth-order valence-corrected chi connectivity index (χ4v) is 2.54. The first-order valence-electron chi connectivity index (χ1n) is 7.22. The monoisotopic (exact) mass is 351 g/mol. The second kappa shape index (κ2) is 8.08. The van der Waals surface area contributed by atoms with Crippen LogP contribution < -0.4 is 15.4 Å². The molecule has 4 nitrogen and oxygen atoms in total. The quantitative estimate of drug-likeness (QED) is 0.486. The Morgan fingerprint density at radius 2 is 2.10 bits per heavy atom. The van der Waals surface area contributed by atoms with Crippen LogP contribution in [0.15, 0.2) is 45.9 Å². The number of aliphatic imine (C=N–C) groups is 1. The largest absolute Gasteiger partial charge is 0.488 e. The van der Waals surface area contributed by atoms with Gasteiger partial charge in [-0.15, -0.1) is 0 Å². The molecular weight excluding hydrogens is 330 g/mol. The molecule has 0 bridgehead atoms. The zero-order valence-corrected chi connectivity index (χ0v) is 14.1. The molecule has 114 valence electrons. The van der Waals surface area contributed by atoms with Gasteiger partial charge in [0.1, 0.15) is 11.9 Å². The van der Waals surface area contributed by atoms with E-state index < -0.39 is 0 Å². The van der Waals surface area contributed by atoms with Crippen LogP contribution in [-0.2, 0) is 0 Å². The molecule has 0 radical (unpaired) electrons. The van der Waals surface area contributed by atoms with Crippen molar-refractivity contribution in [3.05, 3.63) is 40.9 Å².